The van der Waals surface area contributed by atoms with Crippen LogP contribution in [0.5, 0.6) is 5.75 Å². The molecule has 2 aliphatic carbocycles. The predicted molar refractivity (Wildman–Crippen MR) is 114 cm³/mol. The highest BCUT2D eigenvalue weighted by atomic mass is 32.2. The average molecular weight is 469 g/mol. The second-order valence-corrected chi connectivity index (χ2v) is 11.3. The summed E-state index contributed by atoms with van der Waals surface area (Å²) < 4.78 is 50.6. The zero-order chi connectivity index (χ0) is 22.9. The number of ether oxygens (including phenoxy) is 2. The number of carbonyl (C=O) groups excluding carboxylic acids is 2. The molecule has 3 fully saturated rings. The first-order chi connectivity index (χ1) is 15.2. The van der Waals surface area contributed by atoms with Crippen LogP contribution in [0.4, 0.5) is 9.18 Å². The lowest BCUT2D eigenvalue weighted by Gasteiger charge is -2.19. The number of hydrogen-bond donors (Lipinski definition) is 1. The van der Waals surface area contributed by atoms with E-state index in [-0.39, 0.29) is 42.9 Å². The average Bonchev–Trinajstić information content (AvgIpc) is 3.65. The van der Waals surface area contributed by atoms with Gasteiger partial charge in [0, 0.05) is 12.0 Å². The van der Waals surface area contributed by atoms with E-state index in [1.165, 1.54) is 11.0 Å². The summed E-state index contributed by atoms with van der Waals surface area (Å²) in [5, 5.41) is 2.19. The number of halogens is 1. The monoisotopic (exact) mass is 468 g/mol. The van der Waals surface area contributed by atoms with E-state index in [0.29, 0.717) is 12.5 Å². The Kier molecular flexibility index (Phi) is 6.44. The van der Waals surface area contributed by atoms with Gasteiger partial charge < -0.3 is 9.47 Å². The highest BCUT2D eigenvalue weighted by molar-refractivity contribution is 7.91. The van der Waals surface area contributed by atoms with Crippen LogP contribution in [-0.2, 0) is 24.8 Å². The molecule has 1 aliphatic heterocycles. The van der Waals surface area contributed by atoms with Gasteiger partial charge in [-0.2, -0.15) is 0 Å². The second-order valence-electron chi connectivity index (χ2n) is 9.10. The fourth-order valence-corrected chi connectivity index (χ4v) is 5.91. The van der Waals surface area contributed by atoms with Gasteiger partial charge in [-0.1, -0.05) is 6.07 Å². The lowest BCUT2D eigenvalue weighted by molar-refractivity contribution is -0.121. The number of nitrogens with zero attached hydrogens (tertiary/aromatic N) is 1. The third-order valence-electron chi connectivity index (χ3n) is 6.38. The van der Waals surface area contributed by atoms with Gasteiger partial charge in [0.25, 0.3) is 5.91 Å². The minimum atomic E-state index is -3.35. The van der Waals surface area contributed by atoms with Crippen LogP contribution in [0.25, 0.3) is 0 Å². The predicted octanol–water partition coefficient (Wildman–Crippen LogP) is 2.37. The first kappa shape index (κ1) is 23.0. The van der Waals surface area contributed by atoms with Crippen LogP contribution in [-0.4, -0.2) is 62.7 Å². The van der Waals surface area contributed by atoms with Gasteiger partial charge in [0.15, 0.2) is 21.4 Å². The maximum atomic E-state index is 14.1. The number of imide groups is 1. The lowest BCUT2D eigenvalue weighted by Crippen LogP contribution is -2.35. The zero-order valence-corrected chi connectivity index (χ0v) is 19.0. The number of carbonyl (C=O) groups is 2. The Hall–Kier alpha value is -2.20. The summed E-state index contributed by atoms with van der Waals surface area (Å²) >= 11 is 0. The first-order valence-corrected chi connectivity index (χ1v) is 12.8. The molecule has 0 radical (unpaired) electrons. The van der Waals surface area contributed by atoms with Gasteiger partial charge in [0.2, 0.25) is 0 Å². The second kappa shape index (κ2) is 8.97. The summed E-state index contributed by atoms with van der Waals surface area (Å²) in [6.07, 6.45) is 3.99. The molecule has 3 amide bonds. The molecule has 1 aromatic rings. The van der Waals surface area contributed by atoms with Gasteiger partial charge in [-0.3, -0.25) is 15.0 Å². The van der Waals surface area contributed by atoms with Crippen molar-refractivity contribution in [2.75, 3.05) is 31.5 Å². The normalized spacial score (nSPS) is 22.2. The Labute approximate surface area is 187 Å². The highest BCUT2D eigenvalue weighted by Crippen LogP contribution is 2.50. The van der Waals surface area contributed by atoms with E-state index in [4.69, 9.17) is 9.47 Å². The lowest BCUT2D eigenvalue weighted by atomic mass is 9.98. The Morgan fingerprint density at radius 3 is 2.62 bits per heavy atom. The van der Waals surface area contributed by atoms with Gasteiger partial charge in [0.1, 0.15) is 12.8 Å². The summed E-state index contributed by atoms with van der Waals surface area (Å²) in [4.78, 5) is 24.3. The van der Waals surface area contributed by atoms with Crippen molar-refractivity contribution in [2.24, 2.45) is 5.92 Å². The third kappa shape index (κ3) is 5.40. The molecule has 3 aliphatic rings. The molecule has 0 bridgehead atoms. The molecule has 4 rings (SSSR count). The van der Waals surface area contributed by atoms with Gasteiger partial charge in [-0.15, -0.1) is 0 Å². The number of benzene rings is 1. The van der Waals surface area contributed by atoms with Crippen molar-refractivity contribution in [1.82, 2.24) is 10.2 Å². The summed E-state index contributed by atoms with van der Waals surface area (Å²) in [5.74, 6) is -0.134. The van der Waals surface area contributed by atoms with E-state index in [1.807, 2.05) is 0 Å². The first-order valence-electron chi connectivity index (χ1n) is 11.0. The van der Waals surface area contributed by atoms with Crippen LogP contribution in [0, 0.1) is 11.7 Å². The molecule has 176 valence electrons. The highest BCUT2D eigenvalue weighted by Gasteiger charge is 2.47. The number of hydrogen-bond acceptors (Lipinski definition) is 6. The van der Waals surface area contributed by atoms with E-state index in [2.05, 4.69) is 5.32 Å². The maximum Gasteiger partial charge on any atom is 0.326 e. The molecule has 32 heavy (non-hydrogen) atoms. The van der Waals surface area contributed by atoms with E-state index < -0.39 is 33.1 Å². The van der Waals surface area contributed by atoms with Crippen LogP contribution < -0.4 is 10.1 Å². The van der Waals surface area contributed by atoms with Crippen molar-refractivity contribution < 1.29 is 31.9 Å². The molecule has 1 heterocycles. The Bertz CT molecular complexity index is 990. The SMILES string of the molecule is CC1C(=O)NC(=O)N1COCCCS(=O)(=O)CC1(c2ccc(F)c(OCC3CC3)c2)CC1. The third-order valence-corrected chi connectivity index (χ3v) is 8.28. The standard InChI is InChI=1S/C22H29FN2O6S/c1-15-20(26)24-21(27)25(15)14-30-9-2-10-32(28,29)13-22(7-8-22)17-5-6-18(23)19(11-17)31-12-16-3-4-16/h5-6,11,15-16H,2-4,7-10,12-14H2,1H3,(H,24,26,27). The maximum absolute atomic E-state index is 14.1. The smallest absolute Gasteiger partial charge is 0.326 e. The topological polar surface area (TPSA) is 102 Å². The molecule has 2 saturated carbocycles. The molecule has 0 spiro atoms. The summed E-state index contributed by atoms with van der Waals surface area (Å²) in [7, 11) is -3.35. The minimum absolute atomic E-state index is 0.00770. The van der Waals surface area contributed by atoms with Gasteiger partial charge >= 0.3 is 6.03 Å². The number of rotatable bonds is 12. The largest absolute Gasteiger partial charge is 0.490 e. The van der Waals surface area contributed by atoms with Crippen molar-refractivity contribution >= 4 is 21.8 Å². The summed E-state index contributed by atoms with van der Waals surface area (Å²) in [6.45, 7) is 2.19. The molecule has 0 aromatic heterocycles. The van der Waals surface area contributed by atoms with E-state index >= 15 is 0 Å². The molecule has 1 aromatic carbocycles. The fraction of sp³-hybridized carbons (Fsp3) is 0.636. The van der Waals surface area contributed by atoms with Crippen LogP contribution in [0.1, 0.15) is 44.6 Å². The van der Waals surface area contributed by atoms with Crippen LogP contribution in [0.2, 0.25) is 0 Å². The minimum Gasteiger partial charge on any atom is -0.490 e. The summed E-state index contributed by atoms with van der Waals surface area (Å²) in [5.41, 5.74) is 0.331. The zero-order valence-electron chi connectivity index (χ0n) is 18.1. The van der Waals surface area contributed by atoms with Gasteiger partial charge in [0.05, 0.1) is 18.1 Å². The molecular weight excluding hydrogens is 439 g/mol. The van der Waals surface area contributed by atoms with Gasteiger partial charge in [-0.25, -0.2) is 17.6 Å². The molecule has 1 saturated heterocycles. The molecule has 8 nitrogen and oxygen atoms in total. The Morgan fingerprint density at radius 2 is 2.00 bits per heavy atom. The van der Waals surface area contributed by atoms with E-state index in [9.17, 15) is 22.4 Å². The molecular formula is C22H29FN2O6S. The van der Waals surface area contributed by atoms with Crippen molar-refractivity contribution in [2.45, 2.75) is 50.5 Å². The molecule has 1 unspecified atom stereocenters. The van der Waals surface area contributed by atoms with Crippen molar-refractivity contribution in [1.29, 1.82) is 0 Å². The van der Waals surface area contributed by atoms with Crippen LogP contribution in [0.15, 0.2) is 18.2 Å². The quantitative estimate of drug-likeness (QED) is 0.373. The Morgan fingerprint density at radius 1 is 1.25 bits per heavy atom. The van der Waals surface area contributed by atoms with Gasteiger partial charge in [-0.05, 0) is 62.6 Å². The van der Waals surface area contributed by atoms with Crippen LogP contribution in [0.3, 0.4) is 0 Å². The van der Waals surface area contributed by atoms with Crippen molar-refractivity contribution in [3.63, 3.8) is 0 Å². The molecule has 1 N–H and O–H groups in total. The number of nitrogens with one attached hydrogen (secondary N) is 1. The van der Waals surface area contributed by atoms with E-state index in [1.54, 1.807) is 19.1 Å². The number of sulfone groups is 1. The fourth-order valence-electron chi connectivity index (χ4n) is 3.91. The number of amides is 3. The summed E-state index contributed by atoms with van der Waals surface area (Å²) in [6, 6.07) is 3.57. The molecule has 10 heteroatoms. The van der Waals surface area contributed by atoms with Crippen molar-refractivity contribution in [3.8, 4) is 5.75 Å². The number of urea groups is 1. The Balaban J connectivity index is 1.26. The van der Waals surface area contributed by atoms with Crippen molar-refractivity contribution in [3.05, 3.63) is 29.6 Å². The van der Waals surface area contributed by atoms with E-state index in [0.717, 1.165) is 31.2 Å². The molecule has 1 atom stereocenters. The van der Waals surface area contributed by atoms with Crippen LogP contribution >= 0.6 is 0 Å².